The van der Waals surface area contributed by atoms with Crippen LogP contribution in [0.5, 0.6) is 5.75 Å². The fourth-order valence-corrected chi connectivity index (χ4v) is 4.39. The van der Waals surface area contributed by atoms with Crippen molar-refractivity contribution in [3.05, 3.63) is 83.9 Å². The number of ether oxygens (including phenoxy) is 1. The van der Waals surface area contributed by atoms with Crippen molar-refractivity contribution in [1.82, 2.24) is 5.32 Å². The molecule has 2 amide bonds. The fourth-order valence-electron chi connectivity index (χ4n) is 3.06. The Balaban J connectivity index is 1.62. The van der Waals surface area contributed by atoms with Crippen molar-refractivity contribution in [2.45, 2.75) is 18.2 Å². The first-order chi connectivity index (χ1) is 15.8. The molecule has 3 aromatic carbocycles. The highest BCUT2D eigenvalue weighted by Gasteiger charge is 2.18. The lowest BCUT2D eigenvalue weighted by Crippen LogP contribution is -2.33. The van der Waals surface area contributed by atoms with E-state index in [1.54, 1.807) is 43.3 Å². The molecule has 0 bridgehead atoms. The predicted molar refractivity (Wildman–Crippen MR) is 127 cm³/mol. The van der Waals surface area contributed by atoms with Crippen molar-refractivity contribution in [1.29, 1.82) is 0 Å². The Morgan fingerprint density at radius 1 is 0.879 bits per heavy atom. The van der Waals surface area contributed by atoms with Gasteiger partial charge in [-0.15, -0.1) is 0 Å². The molecule has 3 N–H and O–H groups in total. The lowest BCUT2D eigenvalue weighted by Gasteiger charge is -2.13. The number of nitrogens with one attached hydrogen (secondary N) is 3. The average Bonchev–Trinajstić information content (AvgIpc) is 2.80. The number of hydrogen-bond donors (Lipinski definition) is 3. The molecule has 0 spiro atoms. The number of methoxy groups -OCH3 is 1. The van der Waals surface area contributed by atoms with Gasteiger partial charge in [-0.2, -0.15) is 0 Å². The van der Waals surface area contributed by atoms with Crippen LogP contribution in [0.4, 0.5) is 11.4 Å². The summed E-state index contributed by atoms with van der Waals surface area (Å²) >= 11 is 0. The second-order valence-electron chi connectivity index (χ2n) is 7.30. The van der Waals surface area contributed by atoms with Crippen molar-refractivity contribution in [2.75, 3.05) is 23.7 Å². The van der Waals surface area contributed by atoms with Crippen molar-refractivity contribution < 1.29 is 22.7 Å². The molecular weight excluding hydrogens is 442 g/mol. The third-order valence-corrected chi connectivity index (χ3v) is 6.28. The molecule has 0 saturated heterocycles. The van der Waals surface area contributed by atoms with Crippen LogP contribution >= 0.6 is 0 Å². The maximum atomic E-state index is 12.9. The van der Waals surface area contributed by atoms with E-state index >= 15 is 0 Å². The Morgan fingerprint density at radius 3 is 2.21 bits per heavy atom. The zero-order valence-corrected chi connectivity index (χ0v) is 19.1. The molecule has 0 fully saturated rings. The Morgan fingerprint density at radius 2 is 1.55 bits per heavy atom. The van der Waals surface area contributed by atoms with Gasteiger partial charge in [0.25, 0.3) is 10.0 Å². The van der Waals surface area contributed by atoms with Crippen molar-refractivity contribution in [3.8, 4) is 5.75 Å². The summed E-state index contributed by atoms with van der Waals surface area (Å²) in [6.07, 6.45) is 0.165. The SMILES string of the molecule is COc1ccc(NS(=O)(=O)c2cc(NC(=O)CNC(=O)Cc3ccccc3)ccc2C)cc1. The first-order valence-corrected chi connectivity index (χ1v) is 11.6. The molecule has 0 atom stereocenters. The van der Waals surface area contributed by atoms with E-state index in [1.807, 2.05) is 30.3 Å². The molecule has 0 saturated carbocycles. The van der Waals surface area contributed by atoms with Gasteiger partial charge in [-0.25, -0.2) is 8.42 Å². The van der Waals surface area contributed by atoms with Crippen LogP contribution in [-0.4, -0.2) is 33.9 Å². The molecule has 0 unspecified atom stereocenters. The average molecular weight is 468 g/mol. The molecular formula is C24H25N3O5S. The molecule has 0 radical (unpaired) electrons. The molecule has 3 rings (SSSR count). The monoisotopic (exact) mass is 467 g/mol. The van der Waals surface area contributed by atoms with Crippen LogP contribution in [0.25, 0.3) is 0 Å². The quantitative estimate of drug-likeness (QED) is 0.448. The Bertz CT molecular complexity index is 1230. The van der Waals surface area contributed by atoms with Gasteiger partial charge in [0.15, 0.2) is 0 Å². The highest BCUT2D eigenvalue weighted by molar-refractivity contribution is 7.92. The summed E-state index contributed by atoms with van der Waals surface area (Å²) < 4.78 is 33.4. The fraction of sp³-hybridized carbons (Fsp3) is 0.167. The molecule has 0 aliphatic carbocycles. The van der Waals surface area contributed by atoms with Crippen LogP contribution in [0.3, 0.4) is 0 Å². The number of carbonyl (C=O) groups excluding carboxylic acids is 2. The van der Waals surface area contributed by atoms with E-state index in [9.17, 15) is 18.0 Å². The molecule has 3 aromatic rings. The van der Waals surface area contributed by atoms with Crippen molar-refractivity contribution >= 4 is 33.2 Å². The number of hydrogen-bond acceptors (Lipinski definition) is 5. The highest BCUT2D eigenvalue weighted by Crippen LogP contribution is 2.24. The Labute approximate surface area is 193 Å². The highest BCUT2D eigenvalue weighted by atomic mass is 32.2. The van der Waals surface area contributed by atoms with E-state index in [1.165, 1.54) is 13.2 Å². The van der Waals surface area contributed by atoms with Crippen LogP contribution < -0.4 is 20.1 Å². The van der Waals surface area contributed by atoms with Gasteiger partial charge in [-0.1, -0.05) is 36.4 Å². The molecule has 0 heterocycles. The summed E-state index contributed by atoms with van der Waals surface area (Å²) in [5.74, 6) is -0.145. The van der Waals surface area contributed by atoms with Crippen LogP contribution in [0, 0.1) is 6.92 Å². The van der Waals surface area contributed by atoms with Gasteiger partial charge in [-0.3, -0.25) is 14.3 Å². The van der Waals surface area contributed by atoms with Crippen molar-refractivity contribution in [2.24, 2.45) is 0 Å². The standard InChI is InChI=1S/C24H25N3O5S/c1-17-8-9-20(26-24(29)16-25-23(28)14-18-6-4-3-5-7-18)15-22(17)33(30,31)27-19-10-12-21(32-2)13-11-19/h3-13,15,27H,14,16H2,1-2H3,(H,25,28)(H,26,29). The van der Waals surface area contributed by atoms with Crippen LogP contribution in [0.15, 0.2) is 77.7 Å². The van der Waals surface area contributed by atoms with Crippen LogP contribution in [0.1, 0.15) is 11.1 Å². The number of sulfonamides is 1. The van der Waals surface area contributed by atoms with E-state index in [2.05, 4.69) is 15.4 Å². The minimum absolute atomic E-state index is 0.0317. The molecule has 8 nitrogen and oxygen atoms in total. The van der Waals surface area contributed by atoms with Gasteiger partial charge >= 0.3 is 0 Å². The largest absolute Gasteiger partial charge is 0.497 e. The number of benzene rings is 3. The lowest BCUT2D eigenvalue weighted by atomic mass is 10.1. The topological polar surface area (TPSA) is 114 Å². The number of anilines is 2. The lowest BCUT2D eigenvalue weighted by molar-refractivity contribution is -0.123. The summed E-state index contributed by atoms with van der Waals surface area (Å²) in [4.78, 5) is 24.3. The van der Waals surface area contributed by atoms with Gasteiger partial charge in [0.05, 0.1) is 25.0 Å². The summed E-state index contributed by atoms with van der Waals surface area (Å²) in [7, 11) is -2.37. The molecule has 9 heteroatoms. The van der Waals surface area contributed by atoms with Gasteiger partial charge < -0.3 is 15.4 Å². The first-order valence-electron chi connectivity index (χ1n) is 10.1. The van der Waals surface area contributed by atoms with Gasteiger partial charge in [-0.05, 0) is 54.4 Å². The normalized spacial score (nSPS) is 10.8. The third-order valence-electron chi connectivity index (χ3n) is 4.76. The smallest absolute Gasteiger partial charge is 0.262 e. The molecule has 172 valence electrons. The third kappa shape index (κ3) is 6.81. The number of amides is 2. The number of rotatable bonds is 9. The molecule has 33 heavy (non-hydrogen) atoms. The first kappa shape index (κ1) is 23.8. The predicted octanol–water partition coefficient (Wildman–Crippen LogP) is 3.10. The van der Waals surface area contributed by atoms with E-state index < -0.39 is 15.9 Å². The number of aryl methyl sites for hydroxylation is 1. The Kier molecular flexibility index (Phi) is 7.68. The van der Waals surface area contributed by atoms with Crippen LogP contribution in [-0.2, 0) is 26.0 Å². The zero-order chi connectivity index (χ0) is 23.8. The molecule has 0 aliphatic heterocycles. The second-order valence-corrected chi connectivity index (χ2v) is 8.95. The van der Waals surface area contributed by atoms with E-state index in [0.29, 0.717) is 22.7 Å². The van der Waals surface area contributed by atoms with E-state index in [-0.39, 0.29) is 23.8 Å². The zero-order valence-electron chi connectivity index (χ0n) is 18.3. The number of carbonyl (C=O) groups is 2. The van der Waals surface area contributed by atoms with Crippen LogP contribution in [0.2, 0.25) is 0 Å². The minimum atomic E-state index is -3.89. The minimum Gasteiger partial charge on any atom is -0.497 e. The summed E-state index contributed by atoms with van der Waals surface area (Å²) in [6.45, 7) is 1.43. The maximum Gasteiger partial charge on any atom is 0.262 e. The van der Waals surface area contributed by atoms with Gasteiger partial charge in [0, 0.05) is 11.4 Å². The molecule has 0 aromatic heterocycles. The summed E-state index contributed by atoms with van der Waals surface area (Å²) in [5.41, 5.74) is 2.04. The second kappa shape index (κ2) is 10.6. The van der Waals surface area contributed by atoms with E-state index in [4.69, 9.17) is 4.74 Å². The maximum absolute atomic E-state index is 12.9. The van der Waals surface area contributed by atoms with E-state index in [0.717, 1.165) is 5.56 Å². The van der Waals surface area contributed by atoms with Gasteiger partial charge in [0.2, 0.25) is 11.8 Å². The molecule has 0 aliphatic rings. The van der Waals surface area contributed by atoms with Crippen molar-refractivity contribution in [3.63, 3.8) is 0 Å². The summed E-state index contributed by atoms with van der Waals surface area (Å²) in [5, 5.41) is 5.17. The van der Waals surface area contributed by atoms with Gasteiger partial charge in [0.1, 0.15) is 5.75 Å². The summed E-state index contributed by atoms with van der Waals surface area (Å²) in [6, 6.07) is 20.2. The Hall–Kier alpha value is -3.85.